The molecule has 3 amide bonds. The molecule has 0 aromatic heterocycles. The van der Waals surface area contributed by atoms with Crippen LogP contribution in [0.5, 0.6) is 0 Å². The first-order valence-corrected chi connectivity index (χ1v) is 11.5. The molecule has 0 aliphatic carbocycles. The molecular formula is C25H22F4N4O3S. The number of benzene rings is 3. The summed E-state index contributed by atoms with van der Waals surface area (Å²) in [5, 5.41) is 5.00. The Balaban J connectivity index is 1.46. The van der Waals surface area contributed by atoms with Crippen LogP contribution in [0.2, 0.25) is 0 Å². The van der Waals surface area contributed by atoms with Gasteiger partial charge in [-0.15, -0.1) is 0 Å². The molecule has 194 valence electrons. The molecular weight excluding hydrogens is 512 g/mol. The van der Waals surface area contributed by atoms with Crippen molar-refractivity contribution >= 4 is 47.5 Å². The van der Waals surface area contributed by atoms with Crippen LogP contribution in [0.15, 0.2) is 66.7 Å². The van der Waals surface area contributed by atoms with Crippen LogP contribution < -0.4 is 19.8 Å². The van der Waals surface area contributed by atoms with Gasteiger partial charge in [-0.2, -0.15) is 13.2 Å². The van der Waals surface area contributed by atoms with Crippen LogP contribution >= 0.6 is 12.8 Å². The Labute approximate surface area is 215 Å². The summed E-state index contributed by atoms with van der Waals surface area (Å²) >= 11 is 4.17. The summed E-state index contributed by atoms with van der Waals surface area (Å²) in [6.07, 6.45) is -4.61. The van der Waals surface area contributed by atoms with E-state index in [0.717, 1.165) is 16.4 Å². The number of morpholine rings is 1. The predicted octanol–water partition coefficient (Wildman–Crippen LogP) is 5.82. The van der Waals surface area contributed by atoms with E-state index in [4.69, 9.17) is 4.74 Å². The molecule has 4 rings (SSSR count). The minimum atomic E-state index is -4.61. The topological polar surface area (TPSA) is 73.9 Å². The van der Waals surface area contributed by atoms with Crippen LogP contribution in [-0.4, -0.2) is 38.2 Å². The Morgan fingerprint density at radius 3 is 2.24 bits per heavy atom. The lowest BCUT2D eigenvalue weighted by molar-refractivity contribution is -0.137. The third-order valence-electron chi connectivity index (χ3n) is 5.55. The normalized spacial score (nSPS) is 13.7. The van der Waals surface area contributed by atoms with Crippen LogP contribution in [0.25, 0.3) is 0 Å². The van der Waals surface area contributed by atoms with Gasteiger partial charge in [0.2, 0.25) is 0 Å². The number of rotatable bonds is 5. The Morgan fingerprint density at radius 1 is 0.919 bits per heavy atom. The second-order valence-corrected chi connectivity index (χ2v) is 8.49. The zero-order valence-electron chi connectivity index (χ0n) is 19.3. The Bertz CT molecular complexity index is 1280. The van der Waals surface area contributed by atoms with Gasteiger partial charge in [0.25, 0.3) is 5.91 Å². The van der Waals surface area contributed by atoms with Crippen LogP contribution in [-0.2, 0) is 10.9 Å². The third kappa shape index (κ3) is 6.52. The molecule has 1 heterocycles. The maximum absolute atomic E-state index is 13.8. The molecule has 1 fully saturated rings. The van der Waals surface area contributed by atoms with Crippen molar-refractivity contribution in [2.24, 2.45) is 0 Å². The lowest BCUT2D eigenvalue weighted by Crippen LogP contribution is -2.36. The quantitative estimate of drug-likeness (QED) is 0.285. The number of hydrogen-bond acceptors (Lipinski definition) is 5. The Morgan fingerprint density at radius 2 is 1.59 bits per heavy atom. The standard InChI is InChI=1S/C25H22F4N4O3S/c26-22-4-2-1-3-21(22)23(34)30-17-5-7-19(8-6-17)33(37)24(35)31-18-13-16(25(27,28)29)14-20(15-18)32-9-11-36-12-10-32/h1-8,13-15,37H,9-12H2,(H,30,34)(H,31,35). The lowest BCUT2D eigenvalue weighted by atomic mass is 10.1. The minimum absolute atomic E-state index is 0.0471. The number of thiol groups is 1. The van der Waals surface area contributed by atoms with Gasteiger partial charge in [0, 0.05) is 30.2 Å². The molecule has 1 saturated heterocycles. The van der Waals surface area contributed by atoms with E-state index >= 15 is 0 Å². The first-order valence-electron chi connectivity index (χ1n) is 11.1. The number of alkyl halides is 3. The first-order chi connectivity index (χ1) is 17.6. The van der Waals surface area contributed by atoms with Crippen LogP contribution in [0.3, 0.4) is 0 Å². The number of ether oxygens (including phenoxy) is 1. The number of amides is 3. The average Bonchev–Trinajstić information content (AvgIpc) is 2.88. The van der Waals surface area contributed by atoms with Crippen LogP contribution in [0.4, 0.5) is 45.1 Å². The highest BCUT2D eigenvalue weighted by atomic mass is 32.1. The smallest absolute Gasteiger partial charge is 0.378 e. The van der Waals surface area contributed by atoms with E-state index in [9.17, 15) is 27.2 Å². The molecule has 3 aromatic rings. The highest BCUT2D eigenvalue weighted by Gasteiger charge is 2.32. The second kappa shape index (κ2) is 11.1. The zero-order valence-corrected chi connectivity index (χ0v) is 20.2. The number of anilines is 4. The van der Waals surface area contributed by atoms with Crippen molar-refractivity contribution in [1.29, 1.82) is 0 Å². The zero-order chi connectivity index (χ0) is 26.6. The number of carbonyl (C=O) groups excluding carboxylic acids is 2. The van der Waals surface area contributed by atoms with Crippen molar-refractivity contribution in [3.63, 3.8) is 0 Å². The van der Waals surface area contributed by atoms with E-state index in [-0.39, 0.29) is 16.9 Å². The SMILES string of the molecule is O=C(Nc1ccc(N(S)C(=O)Nc2cc(N3CCOCC3)cc(C(F)(F)F)c2)cc1)c1ccccc1F. The number of nitrogens with zero attached hydrogens (tertiary/aromatic N) is 2. The molecule has 0 atom stereocenters. The highest BCUT2D eigenvalue weighted by molar-refractivity contribution is 7.82. The Hall–Kier alpha value is -3.77. The van der Waals surface area contributed by atoms with Crippen molar-refractivity contribution in [3.8, 4) is 0 Å². The Kier molecular flexibility index (Phi) is 7.89. The monoisotopic (exact) mass is 534 g/mol. The van der Waals surface area contributed by atoms with E-state index in [1.54, 1.807) is 4.90 Å². The maximum atomic E-state index is 13.8. The summed E-state index contributed by atoms with van der Waals surface area (Å²) in [6.45, 7) is 1.62. The van der Waals surface area contributed by atoms with Gasteiger partial charge < -0.3 is 20.3 Å². The van der Waals surface area contributed by atoms with Gasteiger partial charge in [0.05, 0.1) is 30.0 Å². The van der Waals surface area contributed by atoms with Crippen LogP contribution in [0.1, 0.15) is 15.9 Å². The van der Waals surface area contributed by atoms with E-state index in [0.29, 0.717) is 37.7 Å². The molecule has 0 spiro atoms. The molecule has 1 aliphatic heterocycles. The fourth-order valence-corrected chi connectivity index (χ4v) is 3.86. The van der Waals surface area contributed by atoms with Crippen molar-refractivity contribution in [1.82, 2.24) is 0 Å². The van der Waals surface area contributed by atoms with E-state index in [2.05, 4.69) is 23.4 Å². The fourth-order valence-electron chi connectivity index (χ4n) is 3.67. The molecule has 37 heavy (non-hydrogen) atoms. The van der Waals surface area contributed by atoms with Gasteiger partial charge in [0.1, 0.15) is 5.82 Å². The molecule has 0 bridgehead atoms. The van der Waals surface area contributed by atoms with E-state index < -0.39 is 29.5 Å². The molecule has 2 N–H and O–H groups in total. The summed E-state index contributed by atoms with van der Waals surface area (Å²) < 4.78 is 60.5. The summed E-state index contributed by atoms with van der Waals surface area (Å²) in [6, 6.07) is 14.0. The summed E-state index contributed by atoms with van der Waals surface area (Å²) in [4.78, 5) is 26.8. The van der Waals surface area contributed by atoms with Gasteiger partial charge in [0.15, 0.2) is 0 Å². The number of carbonyl (C=O) groups is 2. The predicted molar refractivity (Wildman–Crippen MR) is 136 cm³/mol. The fraction of sp³-hybridized carbons (Fsp3) is 0.200. The van der Waals surface area contributed by atoms with Crippen molar-refractivity contribution in [2.75, 3.05) is 46.1 Å². The van der Waals surface area contributed by atoms with E-state index in [1.165, 1.54) is 54.6 Å². The number of halogens is 4. The third-order valence-corrected chi connectivity index (χ3v) is 5.97. The van der Waals surface area contributed by atoms with Gasteiger partial charge in [-0.3, -0.25) is 4.79 Å². The van der Waals surface area contributed by atoms with E-state index in [1.807, 2.05) is 0 Å². The first kappa shape index (κ1) is 26.3. The van der Waals surface area contributed by atoms with Crippen molar-refractivity contribution in [3.05, 3.63) is 83.7 Å². The van der Waals surface area contributed by atoms with Crippen molar-refractivity contribution < 1.29 is 31.9 Å². The molecule has 12 heteroatoms. The van der Waals surface area contributed by atoms with Gasteiger partial charge in [-0.25, -0.2) is 13.5 Å². The lowest BCUT2D eigenvalue weighted by Gasteiger charge is -2.30. The minimum Gasteiger partial charge on any atom is -0.378 e. The molecule has 7 nitrogen and oxygen atoms in total. The maximum Gasteiger partial charge on any atom is 0.416 e. The average molecular weight is 535 g/mol. The summed E-state index contributed by atoms with van der Waals surface area (Å²) in [7, 11) is 0. The number of urea groups is 1. The molecule has 0 saturated carbocycles. The highest BCUT2D eigenvalue weighted by Crippen LogP contribution is 2.35. The molecule has 3 aromatic carbocycles. The van der Waals surface area contributed by atoms with Crippen LogP contribution in [0, 0.1) is 5.82 Å². The number of nitrogens with one attached hydrogen (secondary N) is 2. The summed E-state index contributed by atoms with van der Waals surface area (Å²) in [5.41, 5.74) is -0.132. The van der Waals surface area contributed by atoms with Gasteiger partial charge in [-0.05, 0) is 54.6 Å². The van der Waals surface area contributed by atoms with Crippen molar-refractivity contribution in [2.45, 2.75) is 6.18 Å². The largest absolute Gasteiger partial charge is 0.416 e. The van der Waals surface area contributed by atoms with Gasteiger partial charge in [-0.1, -0.05) is 24.9 Å². The molecule has 1 aliphatic rings. The van der Waals surface area contributed by atoms with Gasteiger partial charge >= 0.3 is 12.2 Å². The second-order valence-electron chi connectivity index (χ2n) is 8.09. The summed E-state index contributed by atoms with van der Waals surface area (Å²) in [5.74, 6) is -1.31. The molecule has 0 unspecified atom stereocenters. The molecule has 0 radical (unpaired) electrons. The number of hydrogen-bond donors (Lipinski definition) is 3.